The molecular formula is C22H46N6. The van der Waals surface area contributed by atoms with Gasteiger partial charge < -0.3 is 11.5 Å². The van der Waals surface area contributed by atoms with E-state index in [-0.39, 0.29) is 0 Å². The van der Waals surface area contributed by atoms with Crippen LogP contribution in [0.4, 0.5) is 0 Å². The molecule has 0 aromatic carbocycles. The van der Waals surface area contributed by atoms with Crippen molar-refractivity contribution in [3.63, 3.8) is 0 Å². The Balaban J connectivity index is 2.30. The van der Waals surface area contributed by atoms with E-state index >= 15 is 0 Å². The zero-order chi connectivity index (χ0) is 20.5. The Kier molecular flexibility index (Phi) is 15.5. The van der Waals surface area contributed by atoms with Crippen LogP contribution in [0.5, 0.6) is 0 Å². The molecule has 1 heterocycles. The lowest BCUT2D eigenvalue weighted by molar-refractivity contribution is 0.0478. The fourth-order valence-corrected chi connectivity index (χ4v) is 3.71. The van der Waals surface area contributed by atoms with Gasteiger partial charge in [0.15, 0.2) is 0 Å². The minimum Gasteiger partial charge on any atom is -0.330 e. The molecule has 6 N–H and O–H groups in total. The molecule has 1 rings (SSSR count). The van der Waals surface area contributed by atoms with E-state index in [9.17, 15) is 0 Å². The lowest BCUT2D eigenvalue weighted by Gasteiger charge is -2.42. The van der Waals surface area contributed by atoms with Crippen LogP contribution in [0.25, 0.3) is 0 Å². The molecule has 1 aliphatic heterocycles. The van der Waals surface area contributed by atoms with Gasteiger partial charge in [-0.05, 0) is 51.6 Å². The lowest BCUT2D eigenvalue weighted by atomic mass is 10.2. The highest BCUT2D eigenvalue weighted by molar-refractivity contribution is 4.88. The lowest BCUT2D eigenvalue weighted by Crippen LogP contribution is -2.58. The molecule has 0 bridgehead atoms. The molecule has 1 fully saturated rings. The van der Waals surface area contributed by atoms with Crippen molar-refractivity contribution in [2.24, 2.45) is 11.5 Å². The summed E-state index contributed by atoms with van der Waals surface area (Å²) in [7, 11) is 0. The maximum atomic E-state index is 5.53. The molecule has 6 heteroatoms. The van der Waals surface area contributed by atoms with Gasteiger partial charge in [0.25, 0.3) is 0 Å². The van der Waals surface area contributed by atoms with E-state index in [1.807, 2.05) is 0 Å². The van der Waals surface area contributed by atoms with Crippen LogP contribution in [0.1, 0.15) is 52.4 Å². The first-order valence-corrected chi connectivity index (χ1v) is 11.4. The largest absolute Gasteiger partial charge is 0.330 e. The maximum Gasteiger partial charge on any atom is 0.0597 e. The maximum absolute atomic E-state index is 5.53. The minimum atomic E-state index is 0.472. The Hall–Kier alpha value is -0.760. The highest BCUT2D eigenvalue weighted by atomic mass is 15.4. The number of nitrogens with two attached hydrogens (primary N) is 2. The van der Waals surface area contributed by atoms with Gasteiger partial charge >= 0.3 is 0 Å². The molecule has 2 atom stereocenters. The van der Waals surface area contributed by atoms with Gasteiger partial charge in [-0.2, -0.15) is 0 Å². The quantitative estimate of drug-likeness (QED) is 0.236. The Labute approximate surface area is 173 Å². The summed E-state index contributed by atoms with van der Waals surface area (Å²) in [6, 6.07) is 0. The number of hydrogen-bond acceptors (Lipinski definition) is 6. The number of piperazine rings is 1. The highest BCUT2D eigenvalue weighted by Gasteiger charge is 2.25. The molecule has 0 aliphatic carbocycles. The number of rotatable bonds is 16. The second-order valence-corrected chi connectivity index (χ2v) is 7.54. The average molecular weight is 395 g/mol. The number of nitrogens with one attached hydrogen (secondary N) is 2. The zero-order valence-corrected chi connectivity index (χ0v) is 18.4. The topological polar surface area (TPSA) is 82.6 Å². The fourth-order valence-electron chi connectivity index (χ4n) is 3.71. The van der Waals surface area contributed by atoms with Crippen molar-refractivity contribution in [2.45, 2.75) is 64.7 Å². The van der Waals surface area contributed by atoms with Crippen molar-refractivity contribution >= 4 is 0 Å². The monoisotopic (exact) mass is 394 g/mol. The van der Waals surface area contributed by atoms with Crippen molar-refractivity contribution in [2.75, 3.05) is 52.4 Å². The van der Waals surface area contributed by atoms with Gasteiger partial charge in [-0.1, -0.05) is 38.2 Å². The summed E-state index contributed by atoms with van der Waals surface area (Å²) in [5, 5.41) is 7.38. The number of hydrogen-bond donors (Lipinski definition) is 4. The molecule has 164 valence electrons. The third kappa shape index (κ3) is 10.7. The van der Waals surface area contributed by atoms with Crippen LogP contribution in [0.15, 0.2) is 24.3 Å². The third-order valence-corrected chi connectivity index (χ3v) is 5.43. The predicted octanol–water partition coefficient (Wildman–Crippen LogP) is 1.85. The van der Waals surface area contributed by atoms with E-state index in [4.69, 9.17) is 11.5 Å². The number of allylic oxidation sites excluding steroid dienone is 2. The van der Waals surface area contributed by atoms with Gasteiger partial charge in [-0.25, -0.2) is 0 Å². The van der Waals surface area contributed by atoms with Crippen LogP contribution < -0.4 is 22.1 Å². The molecule has 1 saturated heterocycles. The number of nitrogens with zero attached hydrogens (tertiary/aromatic N) is 2. The smallest absolute Gasteiger partial charge is 0.0597 e. The Bertz CT molecular complexity index is 366. The third-order valence-electron chi connectivity index (χ3n) is 5.43. The second kappa shape index (κ2) is 17.1. The van der Waals surface area contributed by atoms with E-state index in [1.54, 1.807) is 0 Å². The molecule has 0 saturated carbocycles. The van der Waals surface area contributed by atoms with E-state index < -0.39 is 0 Å². The Morgan fingerprint density at radius 3 is 1.43 bits per heavy atom. The zero-order valence-electron chi connectivity index (χ0n) is 18.4. The average Bonchev–Trinajstić information content (AvgIpc) is 2.73. The SMILES string of the molecule is CCC(NC/C=C/CCCN)N1CCN(C(CC)NC/C=C/CCCN)CC1. The Morgan fingerprint density at radius 2 is 1.11 bits per heavy atom. The van der Waals surface area contributed by atoms with E-state index in [2.05, 4.69) is 58.6 Å². The molecular weight excluding hydrogens is 348 g/mol. The standard InChI is InChI=1S/C22H46N6/c1-3-21(25-15-11-7-5-9-13-23)27-17-19-28(20-18-27)22(4-2)26-16-12-8-6-10-14-24/h7-8,11-12,21-22,25-26H,3-6,9-10,13-20,23-24H2,1-2H3/b11-7+,12-8+. The van der Waals surface area contributed by atoms with Gasteiger partial charge in [0, 0.05) is 39.3 Å². The van der Waals surface area contributed by atoms with Gasteiger partial charge in [0.2, 0.25) is 0 Å². The van der Waals surface area contributed by atoms with E-state index in [0.717, 1.165) is 90.9 Å². The van der Waals surface area contributed by atoms with Crippen LogP contribution >= 0.6 is 0 Å². The predicted molar refractivity (Wildman–Crippen MR) is 122 cm³/mol. The summed E-state index contributed by atoms with van der Waals surface area (Å²) in [6.45, 7) is 12.5. The van der Waals surface area contributed by atoms with Crippen LogP contribution in [0.3, 0.4) is 0 Å². The first-order valence-electron chi connectivity index (χ1n) is 11.4. The van der Waals surface area contributed by atoms with Crippen LogP contribution in [-0.2, 0) is 0 Å². The van der Waals surface area contributed by atoms with Gasteiger partial charge in [0.05, 0.1) is 12.3 Å². The fraction of sp³-hybridized carbons (Fsp3) is 0.818. The molecule has 2 unspecified atom stereocenters. The normalized spacial score (nSPS) is 19.0. The summed E-state index contributed by atoms with van der Waals surface area (Å²) < 4.78 is 0. The molecule has 0 aromatic rings. The molecule has 0 radical (unpaired) electrons. The van der Waals surface area contributed by atoms with E-state index in [1.165, 1.54) is 0 Å². The molecule has 0 spiro atoms. The van der Waals surface area contributed by atoms with Crippen molar-refractivity contribution in [3.8, 4) is 0 Å². The van der Waals surface area contributed by atoms with E-state index in [0.29, 0.717) is 12.3 Å². The summed E-state index contributed by atoms with van der Waals surface area (Å²) >= 11 is 0. The van der Waals surface area contributed by atoms with Crippen molar-refractivity contribution in [1.82, 2.24) is 20.4 Å². The van der Waals surface area contributed by atoms with Gasteiger partial charge in [0.1, 0.15) is 0 Å². The second-order valence-electron chi connectivity index (χ2n) is 7.54. The van der Waals surface area contributed by atoms with Gasteiger partial charge in [-0.3, -0.25) is 20.4 Å². The van der Waals surface area contributed by atoms with Crippen molar-refractivity contribution in [1.29, 1.82) is 0 Å². The van der Waals surface area contributed by atoms with Crippen LogP contribution in [0.2, 0.25) is 0 Å². The number of unbranched alkanes of at least 4 members (excludes halogenated alkanes) is 2. The first-order chi connectivity index (χ1) is 13.8. The van der Waals surface area contributed by atoms with Crippen LogP contribution in [-0.4, -0.2) is 74.5 Å². The first kappa shape index (κ1) is 25.3. The highest BCUT2D eigenvalue weighted by Crippen LogP contribution is 2.11. The molecule has 6 nitrogen and oxygen atoms in total. The molecule has 1 aliphatic rings. The summed E-state index contributed by atoms with van der Waals surface area (Å²) in [4.78, 5) is 5.20. The summed E-state index contributed by atoms with van der Waals surface area (Å²) in [5.74, 6) is 0. The van der Waals surface area contributed by atoms with Crippen LogP contribution in [0, 0.1) is 0 Å². The summed E-state index contributed by atoms with van der Waals surface area (Å²) in [6.07, 6.45) is 16.5. The van der Waals surface area contributed by atoms with Gasteiger partial charge in [-0.15, -0.1) is 0 Å². The molecule has 0 amide bonds. The summed E-state index contributed by atoms with van der Waals surface area (Å²) in [5.41, 5.74) is 11.1. The molecule has 28 heavy (non-hydrogen) atoms. The van der Waals surface area contributed by atoms with Crippen molar-refractivity contribution < 1.29 is 0 Å². The Morgan fingerprint density at radius 1 is 0.714 bits per heavy atom. The molecule has 0 aromatic heterocycles. The minimum absolute atomic E-state index is 0.472. The van der Waals surface area contributed by atoms with Crippen molar-refractivity contribution in [3.05, 3.63) is 24.3 Å².